The number of Topliss-reactive ketones (excluding diaryl/α,β-unsaturated/α-hetero) is 1. The Bertz CT molecular complexity index is 484. The molecule has 1 saturated carbocycles. The van der Waals surface area contributed by atoms with Crippen molar-refractivity contribution in [2.45, 2.75) is 70.8 Å². The lowest BCUT2D eigenvalue weighted by molar-refractivity contribution is -0.123. The predicted molar refractivity (Wildman–Crippen MR) is 107 cm³/mol. The van der Waals surface area contributed by atoms with Crippen LogP contribution >= 0.6 is 12.2 Å². The van der Waals surface area contributed by atoms with Crippen molar-refractivity contribution in [1.82, 2.24) is 5.32 Å². The molecule has 0 aliphatic heterocycles. The normalized spacial score (nSPS) is 17.2. The van der Waals surface area contributed by atoms with Gasteiger partial charge in [0.2, 0.25) is 0 Å². The first-order valence-electron chi connectivity index (χ1n) is 9.84. The topological polar surface area (TPSA) is 64.6 Å². The molecular weight excluding hydrogens is 350 g/mol. The Morgan fingerprint density at radius 1 is 1.27 bits per heavy atom. The van der Waals surface area contributed by atoms with Crippen LogP contribution in [0.2, 0.25) is 0 Å². The highest BCUT2D eigenvalue weighted by atomic mass is 32.1. The molecule has 148 valence electrons. The number of thiocarbonyl (C=S) groups is 1. The number of hydrogen-bond acceptors (Lipinski definition) is 6. The number of ether oxygens (including phenoxy) is 2. The van der Waals surface area contributed by atoms with Gasteiger partial charge in [-0.1, -0.05) is 19.3 Å². The molecule has 1 N–H and O–H groups in total. The molecule has 0 aromatic rings. The van der Waals surface area contributed by atoms with Gasteiger partial charge in [-0.05, 0) is 51.7 Å². The van der Waals surface area contributed by atoms with E-state index >= 15 is 0 Å². The fourth-order valence-electron chi connectivity index (χ4n) is 3.44. The monoisotopic (exact) mass is 383 g/mol. The fourth-order valence-corrected chi connectivity index (χ4v) is 3.79. The SMILES string of the molecule is CCOCCCC(C=C=O)(NCCC(=O)C1CCCCC1)C(=S)OCC. The van der Waals surface area contributed by atoms with Gasteiger partial charge in [0.25, 0.3) is 0 Å². The van der Waals surface area contributed by atoms with Crippen molar-refractivity contribution < 1.29 is 19.1 Å². The van der Waals surface area contributed by atoms with Gasteiger partial charge in [0, 0.05) is 38.2 Å². The molecule has 0 amide bonds. The third-order valence-electron chi connectivity index (χ3n) is 4.88. The second-order valence-corrected chi connectivity index (χ2v) is 7.10. The van der Waals surface area contributed by atoms with Crippen LogP contribution in [0.15, 0.2) is 6.08 Å². The third kappa shape index (κ3) is 7.67. The predicted octanol–water partition coefficient (Wildman–Crippen LogP) is 3.42. The number of rotatable bonds is 13. The molecule has 6 heteroatoms. The van der Waals surface area contributed by atoms with Gasteiger partial charge in [-0.25, -0.2) is 4.79 Å². The van der Waals surface area contributed by atoms with Crippen LogP contribution in [0.25, 0.3) is 0 Å². The Kier molecular flexibility index (Phi) is 11.6. The van der Waals surface area contributed by atoms with E-state index in [0.29, 0.717) is 50.0 Å². The summed E-state index contributed by atoms with van der Waals surface area (Å²) < 4.78 is 10.9. The van der Waals surface area contributed by atoms with E-state index in [1.54, 1.807) is 0 Å². The maximum atomic E-state index is 12.4. The average molecular weight is 384 g/mol. The van der Waals surface area contributed by atoms with Crippen molar-refractivity contribution >= 4 is 29.0 Å². The molecule has 1 aliphatic rings. The van der Waals surface area contributed by atoms with Crippen molar-refractivity contribution in [3.05, 3.63) is 6.08 Å². The zero-order valence-corrected chi connectivity index (χ0v) is 17.0. The second kappa shape index (κ2) is 13.2. The summed E-state index contributed by atoms with van der Waals surface area (Å²) in [7, 11) is 0. The van der Waals surface area contributed by atoms with E-state index in [9.17, 15) is 9.59 Å². The van der Waals surface area contributed by atoms with Gasteiger partial charge in [-0.15, -0.1) is 0 Å². The van der Waals surface area contributed by atoms with Gasteiger partial charge < -0.3 is 9.47 Å². The number of carbonyl (C=O) groups excluding carboxylic acids is 2. The van der Waals surface area contributed by atoms with E-state index in [-0.39, 0.29) is 5.92 Å². The molecule has 5 nitrogen and oxygen atoms in total. The highest BCUT2D eigenvalue weighted by Gasteiger charge is 2.34. The number of nitrogens with one attached hydrogen (secondary N) is 1. The van der Waals surface area contributed by atoms with Gasteiger partial charge >= 0.3 is 0 Å². The van der Waals surface area contributed by atoms with E-state index < -0.39 is 5.54 Å². The number of carbonyl (C=O) groups is 1. The first-order valence-corrected chi connectivity index (χ1v) is 10.2. The summed E-state index contributed by atoms with van der Waals surface area (Å²) in [6, 6.07) is 0. The van der Waals surface area contributed by atoms with Crippen LogP contribution in [0.5, 0.6) is 0 Å². The zero-order valence-electron chi connectivity index (χ0n) is 16.2. The first kappa shape index (κ1) is 23.0. The standard InChI is InChI=1S/C20H33NO4S/c1-3-24-16-8-12-20(13-15-22,19(26)25-4-2)21-14-11-18(23)17-9-6-5-7-10-17/h13,17,21H,3-12,14,16H2,1-2H3. The lowest BCUT2D eigenvalue weighted by Gasteiger charge is -2.31. The average Bonchev–Trinajstić information content (AvgIpc) is 2.66. The molecular formula is C20H33NO4S. The molecule has 0 aromatic heterocycles. The summed E-state index contributed by atoms with van der Waals surface area (Å²) in [6.07, 6.45) is 8.66. The maximum Gasteiger partial charge on any atom is 0.184 e. The lowest BCUT2D eigenvalue weighted by Crippen LogP contribution is -2.51. The minimum atomic E-state index is -0.878. The number of ketones is 1. The van der Waals surface area contributed by atoms with Crippen LogP contribution < -0.4 is 5.32 Å². The minimum Gasteiger partial charge on any atom is -0.485 e. The van der Waals surface area contributed by atoms with Crippen LogP contribution in [0.4, 0.5) is 0 Å². The van der Waals surface area contributed by atoms with Gasteiger partial charge in [0.15, 0.2) is 5.05 Å². The highest BCUT2D eigenvalue weighted by Crippen LogP contribution is 2.25. The van der Waals surface area contributed by atoms with E-state index in [4.69, 9.17) is 21.7 Å². The smallest absolute Gasteiger partial charge is 0.184 e. The molecule has 0 radical (unpaired) electrons. The molecule has 26 heavy (non-hydrogen) atoms. The molecule has 0 spiro atoms. The van der Waals surface area contributed by atoms with Crippen LogP contribution in [0.3, 0.4) is 0 Å². The quantitative estimate of drug-likeness (QED) is 0.299. The second-order valence-electron chi connectivity index (χ2n) is 6.73. The molecule has 1 unspecified atom stereocenters. The summed E-state index contributed by atoms with van der Waals surface area (Å²) >= 11 is 5.41. The van der Waals surface area contributed by atoms with Crippen molar-refractivity contribution in [2.75, 3.05) is 26.4 Å². The Morgan fingerprint density at radius 2 is 2.00 bits per heavy atom. The van der Waals surface area contributed by atoms with Crippen LogP contribution in [-0.4, -0.2) is 48.7 Å². The van der Waals surface area contributed by atoms with Crippen LogP contribution in [-0.2, 0) is 19.1 Å². The van der Waals surface area contributed by atoms with E-state index in [0.717, 1.165) is 32.1 Å². The van der Waals surface area contributed by atoms with Crippen LogP contribution in [0.1, 0.15) is 65.2 Å². The maximum absolute atomic E-state index is 12.4. The summed E-state index contributed by atoms with van der Waals surface area (Å²) in [5.41, 5.74) is -0.878. The van der Waals surface area contributed by atoms with Crippen LogP contribution in [0, 0.1) is 5.92 Å². The van der Waals surface area contributed by atoms with Gasteiger partial charge in [-0.3, -0.25) is 10.1 Å². The van der Waals surface area contributed by atoms with E-state index in [1.165, 1.54) is 12.5 Å². The summed E-state index contributed by atoms with van der Waals surface area (Å²) in [5.74, 6) is 2.36. The molecule has 0 saturated heterocycles. The van der Waals surface area contributed by atoms with Crippen molar-refractivity contribution in [2.24, 2.45) is 5.92 Å². The molecule has 0 bridgehead atoms. The van der Waals surface area contributed by atoms with Gasteiger partial charge in [0.1, 0.15) is 17.3 Å². The fraction of sp³-hybridized carbons (Fsp3) is 0.800. The van der Waals surface area contributed by atoms with E-state index in [2.05, 4.69) is 5.32 Å². The highest BCUT2D eigenvalue weighted by molar-refractivity contribution is 7.80. The minimum absolute atomic E-state index is 0.193. The first-order chi connectivity index (χ1) is 12.6. The Hall–Kier alpha value is -1.07. The third-order valence-corrected chi connectivity index (χ3v) is 5.36. The molecule has 1 fully saturated rings. The van der Waals surface area contributed by atoms with E-state index in [1.807, 2.05) is 19.8 Å². The Morgan fingerprint density at radius 3 is 2.62 bits per heavy atom. The number of hydrogen-bond donors (Lipinski definition) is 1. The molecule has 1 aliphatic carbocycles. The Balaban J connectivity index is 2.67. The van der Waals surface area contributed by atoms with Crippen molar-refractivity contribution in [3.63, 3.8) is 0 Å². The van der Waals surface area contributed by atoms with Crippen molar-refractivity contribution in [3.8, 4) is 0 Å². The molecule has 0 heterocycles. The zero-order chi connectivity index (χ0) is 19.3. The summed E-state index contributed by atoms with van der Waals surface area (Å²) in [6.45, 7) is 5.93. The largest absolute Gasteiger partial charge is 0.485 e. The summed E-state index contributed by atoms with van der Waals surface area (Å²) in [5, 5.41) is 3.63. The van der Waals surface area contributed by atoms with Gasteiger partial charge in [-0.2, -0.15) is 0 Å². The lowest BCUT2D eigenvalue weighted by atomic mass is 9.85. The molecule has 1 rings (SSSR count). The van der Waals surface area contributed by atoms with Crippen molar-refractivity contribution in [1.29, 1.82) is 0 Å². The van der Waals surface area contributed by atoms with Gasteiger partial charge in [0.05, 0.1) is 6.61 Å². The Labute approximate surface area is 162 Å². The molecule has 1 atom stereocenters. The summed E-state index contributed by atoms with van der Waals surface area (Å²) in [4.78, 5) is 23.6. The molecule has 0 aromatic carbocycles.